The second-order valence-corrected chi connectivity index (χ2v) is 6.77. The summed E-state index contributed by atoms with van der Waals surface area (Å²) in [5.74, 6) is 0.824. The van der Waals surface area contributed by atoms with Gasteiger partial charge in [-0.05, 0) is 71.1 Å². The summed E-state index contributed by atoms with van der Waals surface area (Å²) in [4.78, 5) is 2.62. The molecule has 1 heterocycles. The number of piperidine rings is 1. The molecule has 0 aliphatic carbocycles. The van der Waals surface area contributed by atoms with Crippen molar-refractivity contribution in [3.63, 3.8) is 0 Å². The maximum absolute atomic E-state index is 3.82. The molecule has 1 aliphatic rings. The van der Waals surface area contributed by atoms with Gasteiger partial charge in [-0.15, -0.1) is 0 Å². The molecule has 0 bridgehead atoms. The van der Waals surface area contributed by atoms with Crippen LogP contribution in [0.25, 0.3) is 0 Å². The Kier molecular flexibility index (Phi) is 6.25. The van der Waals surface area contributed by atoms with Crippen LogP contribution >= 0.6 is 0 Å². The van der Waals surface area contributed by atoms with Crippen molar-refractivity contribution >= 4 is 0 Å². The van der Waals surface area contributed by atoms with Crippen LogP contribution in [0, 0.1) is 12.8 Å². The summed E-state index contributed by atoms with van der Waals surface area (Å²) in [7, 11) is 0. The summed E-state index contributed by atoms with van der Waals surface area (Å²) in [6.45, 7) is 12.9. The molecule has 1 aliphatic heterocycles. The summed E-state index contributed by atoms with van der Waals surface area (Å²) in [5, 5.41) is 3.82. The molecule has 1 fully saturated rings. The van der Waals surface area contributed by atoms with Crippen LogP contribution in [0.15, 0.2) is 24.3 Å². The molecule has 1 aromatic carbocycles. The summed E-state index contributed by atoms with van der Waals surface area (Å²) < 4.78 is 0. The predicted molar refractivity (Wildman–Crippen MR) is 91.6 cm³/mol. The topological polar surface area (TPSA) is 15.3 Å². The summed E-state index contributed by atoms with van der Waals surface area (Å²) in [6.07, 6.45) is 3.96. The molecule has 1 N–H and O–H groups in total. The maximum atomic E-state index is 3.82. The van der Waals surface area contributed by atoms with Gasteiger partial charge in [-0.2, -0.15) is 0 Å². The van der Waals surface area contributed by atoms with Crippen LogP contribution in [0.1, 0.15) is 57.2 Å². The average molecular weight is 288 g/mol. The Morgan fingerprint density at radius 2 is 1.95 bits per heavy atom. The monoisotopic (exact) mass is 288 g/mol. The van der Waals surface area contributed by atoms with Crippen LogP contribution in [0.2, 0.25) is 0 Å². The molecule has 2 atom stereocenters. The molecule has 1 aromatic rings. The van der Waals surface area contributed by atoms with Gasteiger partial charge in [-0.25, -0.2) is 0 Å². The lowest BCUT2D eigenvalue weighted by Gasteiger charge is -2.36. The van der Waals surface area contributed by atoms with E-state index in [1.807, 2.05) is 0 Å². The lowest BCUT2D eigenvalue weighted by Crippen LogP contribution is -2.42. The number of hydrogen-bond acceptors (Lipinski definition) is 2. The molecule has 2 nitrogen and oxygen atoms in total. The fourth-order valence-electron chi connectivity index (χ4n) is 3.56. The highest BCUT2D eigenvalue weighted by Crippen LogP contribution is 2.23. The molecule has 118 valence electrons. The first kappa shape index (κ1) is 16.5. The lowest BCUT2D eigenvalue weighted by molar-refractivity contribution is 0.159. The largest absolute Gasteiger partial charge is 0.307 e. The van der Waals surface area contributed by atoms with Gasteiger partial charge in [0.25, 0.3) is 0 Å². The molecular weight excluding hydrogens is 256 g/mol. The minimum atomic E-state index is 0.438. The molecule has 21 heavy (non-hydrogen) atoms. The van der Waals surface area contributed by atoms with Gasteiger partial charge >= 0.3 is 0 Å². The molecule has 0 saturated carbocycles. The third-order valence-corrected chi connectivity index (χ3v) is 4.93. The Balaban J connectivity index is 1.83. The van der Waals surface area contributed by atoms with Crippen LogP contribution in [0.4, 0.5) is 0 Å². The summed E-state index contributed by atoms with van der Waals surface area (Å²) >= 11 is 0. The maximum Gasteiger partial charge on any atom is 0.0294 e. The fraction of sp³-hybridized carbons (Fsp3) is 0.684. The highest BCUT2D eigenvalue weighted by Gasteiger charge is 2.24. The van der Waals surface area contributed by atoms with Gasteiger partial charge in [0, 0.05) is 12.1 Å². The van der Waals surface area contributed by atoms with E-state index in [0.717, 1.165) is 5.92 Å². The number of nitrogens with one attached hydrogen (secondary N) is 1. The molecule has 2 heteroatoms. The van der Waals surface area contributed by atoms with Crippen LogP contribution in [0.5, 0.6) is 0 Å². The minimum absolute atomic E-state index is 0.438. The zero-order valence-corrected chi connectivity index (χ0v) is 14.2. The van der Waals surface area contributed by atoms with E-state index in [2.05, 4.69) is 62.2 Å². The summed E-state index contributed by atoms with van der Waals surface area (Å²) in [6, 6.07) is 9.91. The van der Waals surface area contributed by atoms with Crippen LogP contribution in [-0.2, 0) is 0 Å². The van der Waals surface area contributed by atoms with Gasteiger partial charge in [0.2, 0.25) is 0 Å². The zero-order chi connectivity index (χ0) is 15.2. The number of nitrogens with zero attached hydrogens (tertiary/aromatic N) is 1. The van der Waals surface area contributed by atoms with E-state index in [1.54, 1.807) is 0 Å². The third-order valence-electron chi connectivity index (χ3n) is 4.93. The lowest BCUT2D eigenvalue weighted by atomic mass is 9.89. The van der Waals surface area contributed by atoms with E-state index in [9.17, 15) is 0 Å². The molecule has 1 saturated heterocycles. The first-order chi connectivity index (χ1) is 10.1. The van der Waals surface area contributed by atoms with Crippen molar-refractivity contribution in [2.75, 3.05) is 19.6 Å². The first-order valence-electron chi connectivity index (χ1n) is 8.65. The normalized spacial score (nSPS) is 20.4. The average Bonchev–Trinajstić information content (AvgIpc) is 2.48. The molecule has 1 unspecified atom stereocenters. The van der Waals surface area contributed by atoms with E-state index < -0.39 is 0 Å². The molecular formula is C19H32N2. The minimum Gasteiger partial charge on any atom is -0.307 e. The third kappa shape index (κ3) is 4.82. The van der Waals surface area contributed by atoms with Gasteiger partial charge in [-0.1, -0.05) is 36.8 Å². The van der Waals surface area contributed by atoms with E-state index in [0.29, 0.717) is 12.1 Å². The number of benzene rings is 1. The van der Waals surface area contributed by atoms with Gasteiger partial charge < -0.3 is 10.2 Å². The number of hydrogen-bond donors (Lipinski definition) is 1. The summed E-state index contributed by atoms with van der Waals surface area (Å²) in [5.41, 5.74) is 2.76. The fourth-order valence-corrected chi connectivity index (χ4v) is 3.56. The Hall–Kier alpha value is -0.860. The second kappa shape index (κ2) is 7.95. The predicted octanol–water partition coefficient (Wildman–Crippen LogP) is 4.16. The van der Waals surface area contributed by atoms with E-state index >= 15 is 0 Å². The van der Waals surface area contributed by atoms with Crippen LogP contribution in [-0.4, -0.2) is 30.6 Å². The zero-order valence-electron chi connectivity index (χ0n) is 14.2. The van der Waals surface area contributed by atoms with Crippen molar-refractivity contribution in [3.8, 4) is 0 Å². The Morgan fingerprint density at radius 1 is 1.24 bits per heavy atom. The quantitative estimate of drug-likeness (QED) is 0.845. The number of rotatable bonds is 6. The van der Waals surface area contributed by atoms with Crippen molar-refractivity contribution in [2.24, 2.45) is 5.92 Å². The van der Waals surface area contributed by atoms with Crippen molar-refractivity contribution in [1.82, 2.24) is 10.2 Å². The van der Waals surface area contributed by atoms with Crippen molar-refractivity contribution in [1.29, 1.82) is 0 Å². The second-order valence-electron chi connectivity index (χ2n) is 6.77. The first-order valence-corrected chi connectivity index (χ1v) is 8.65. The molecule has 0 radical (unpaired) electrons. The SMILES string of the molecule is CCCN1CCC(C(C)N[C@H](C)c2cccc(C)c2)CC1. The Morgan fingerprint density at radius 3 is 2.57 bits per heavy atom. The highest BCUT2D eigenvalue weighted by atomic mass is 15.1. The smallest absolute Gasteiger partial charge is 0.0294 e. The van der Waals surface area contributed by atoms with E-state index in [1.165, 1.54) is 50.0 Å². The van der Waals surface area contributed by atoms with E-state index in [-0.39, 0.29) is 0 Å². The highest BCUT2D eigenvalue weighted by molar-refractivity contribution is 5.24. The van der Waals surface area contributed by atoms with E-state index in [4.69, 9.17) is 0 Å². The van der Waals surface area contributed by atoms with Gasteiger partial charge in [0.15, 0.2) is 0 Å². The van der Waals surface area contributed by atoms with Gasteiger partial charge in [-0.3, -0.25) is 0 Å². The Labute approximate surface area is 130 Å². The molecule has 0 spiro atoms. The van der Waals surface area contributed by atoms with Crippen LogP contribution in [0.3, 0.4) is 0 Å². The molecule has 0 amide bonds. The van der Waals surface area contributed by atoms with Crippen molar-refractivity contribution in [2.45, 2.75) is 59.0 Å². The van der Waals surface area contributed by atoms with Gasteiger partial charge in [0.05, 0.1) is 0 Å². The van der Waals surface area contributed by atoms with Crippen LogP contribution < -0.4 is 5.32 Å². The van der Waals surface area contributed by atoms with Gasteiger partial charge in [0.1, 0.15) is 0 Å². The van der Waals surface area contributed by atoms with Crippen molar-refractivity contribution in [3.05, 3.63) is 35.4 Å². The van der Waals surface area contributed by atoms with Crippen molar-refractivity contribution < 1.29 is 0 Å². The number of aryl methyl sites for hydroxylation is 1. The Bertz CT molecular complexity index is 421. The molecule has 2 rings (SSSR count). The number of likely N-dealkylation sites (tertiary alicyclic amines) is 1. The molecule has 0 aromatic heterocycles. The standard InChI is InChI=1S/C19H32N2/c1-5-11-21-12-9-18(10-13-21)16(3)20-17(4)19-8-6-7-15(2)14-19/h6-8,14,16-18,20H,5,9-13H2,1-4H3/t16?,17-/m1/s1.